The summed E-state index contributed by atoms with van der Waals surface area (Å²) in [6, 6.07) is 3.91. The molecule has 2 aromatic rings. The van der Waals surface area contributed by atoms with Crippen LogP contribution in [0.15, 0.2) is 23.0 Å². The van der Waals surface area contributed by atoms with Crippen LogP contribution in [-0.4, -0.2) is 64.7 Å². The van der Waals surface area contributed by atoms with Gasteiger partial charge in [0, 0.05) is 26.2 Å². The number of aromatic nitrogens is 2. The number of benzene rings is 1. The van der Waals surface area contributed by atoms with Gasteiger partial charge in [0.05, 0.1) is 28.5 Å². The molecule has 1 aliphatic heterocycles. The first-order chi connectivity index (χ1) is 13.6. The van der Waals surface area contributed by atoms with E-state index < -0.39 is 30.4 Å². The molecule has 1 saturated heterocycles. The van der Waals surface area contributed by atoms with Crippen molar-refractivity contribution in [1.82, 2.24) is 19.9 Å². The highest BCUT2D eigenvalue weighted by atomic mass is 35.5. The summed E-state index contributed by atoms with van der Waals surface area (Å²) in [5.41, 5.74) is -0.192. The van der Waals surface area contributed by atoms with Crippen LogP contribution in [0.1, 0.15) is 18.8 Å². The number of amides is 1. The quantitative estimate of drug-likeness (QED) is 0.768. The van der Waals surface area contributed by atoms with Gasteiger partial charge in [0.15, 0.2) is 5.82 Å². The predicted octanol–water partition coefficient (Wildman–Crippen LogP) is 2.19. The van der Waals surface area contributed by atoms with Gasteiger partial charge >= 0.3 is 12.3 Å². The standard InChI is InChI=1S/C17H19ClF3N5O3/c1-10(22-16(28)29)14-23-12-4-2-3-11(18)13(12)15(27)26(14)25-7-5-24(6-8-25)9-17(19,20)21/h2-4,10,22H,5-9H2,1H3,(H,28,29). The van der Waals surface area contributed by atoms with Gasteiger partial charge in [-0.1, -0.05) is 17.7 Å². The molecule has 0 saturated carbocycles. The molecule has 1 unspecified atom stereocenters. The molecule has 158 valence electrons. The van der Waals surface area contributed by atoms with Crippen LogP contribution in [0, 0.1) is 0 Å². The Morgan fingerprint density at radius 2 is 1.97 bits per heavy atom. The number of halogens is 4. The van der Waals surface area contributed by atoms with Crippen molar-refractivity contribution < 1.29 is 23.1 Å². The zero-order valence-electron chi connectivity index (χ0n) is 15.4. The van der Waals surface area contributed by atoms with Crippen LogP contribution in [0.5, 0.6) is 0 Å². The van der Waals surface area contributed by atoms with Crippen molar-refractivity contribution in [3.8, 4) is 0 Å². The molecule has 1 atom stereocenters. The third kappa shape index (κ3) is 4.73. The van der Waals surface area contributed by atoms with Crippen LogP contribution in [0.4, 0.5) is 18.0 Å². The lowest BCUT2D eigenvalue weighted by atomic mass is 10.2. The van der Waals surface area contributed by atoms with Gasteiger partial charge in [-0.2, -0.15) is 13.2 Å². The molecule has 0 spiro atoms. The summed E-state index contributed by atoms with van der Waals surface area (Å²) in [6.45, 7) is 0.963. The Labute approximate surface area is 168 Å². The summed E-state index contributed by atoms with van der Waals surface area (Å²) >= 11 is 6.17. The maximum Gasteiger partial charge on any atom is 0.405 e. The van der Waals surface area contributed by atoms with E-state index >= 15 is 0 Å². The van der Waals surface area contributed by atoms with Crippen LogP contribution >= 0.6 is 11.6 Å². The Balaban J connectivity index is 2.01. The maximum atomic E-state index is 13.2. The Morgan fingerprint density at radius 3 is 2.55 bits per heavy atom. The van der Waals surface area contributed by atoms with Gasteiger partial charge in [0.1, 0.15) is 0 Å². The van der Waals surface area contributed by atoms with Crippen LogP contribution in [-0.2, 0) is 0 Å². The minimum absolute atomic E-state index is 0.0900. The van der Waals surface area contributed by atoms with Crippen LogP contribution in [0.25, 0.3) is 10.9 Å². The number of alkyl halides is 3. The average molecular weight is 434 g/mol. The maximum absolute atomic E-state index is 13.2. The predicted molar refractivity (Wildman–Crippen MR) is 101 cm³/mol. The van der Waals surface area contributed by atoms with Crippen LogP contribution in [0.3, 0.4) is 0 Å². The van der Waals surface area contributed by atoms with Crippen molar-refractivity contribution in [2.24, 2.45) is 0 Å². The monoisotopic (exact) mass is 433 g/mol. The lowest BCUT2D eigenvalue weighted by Gasteiger charge is -2.38. The average Bonchev–Trinajstić information content (AvgIpc) is 2.60. The molecule has 1 aliphatic rings. The number of hydrogen-bond acceptors (Lipinski definition) is 5. The molecular weight excluding hydrogens is 415 g/mol. The summed E-state index contributed by atoms with van der Waals surface area (Å²) in [5.74, 6) is 0.136. The van der Waals surface area contributed by atoms with E-state index in [1.54, 1.807) is 17.1 Å². The first kappa shape index (κ1) is 21.2. The molecule has 0 aliphatic carbocycles. The summed E-state index contributed by atoms with van der Waals surface area (Å²) in [6.07, 6.45) is -5.60. The van der Waals surface area contributed by atoms with Gasteiger partial charge in [0.25, 0.3) is 5.56 Å². The highest BCUT2D eigenvalue weighted by Crippen LogP contribution is 2.22. The van der Waals surface area contributed by atoms with Crippen molar-refractivity contribution in [1.29, 1.82) is 0 Å². The van der Waals surface area contributed by atoms with E-state index in [1.165, 1.54) is 22.6 Å². The zero-order valence-corrected chi connectivity index (χ0v) is 16.2. The molecule has 1 aromatic heterocycles. The second-order valence-electron chi connectivity index (χ2n) is 6.74. The molecule has 2 N–H and O–H groups in total. The second kappa shape index (κ2) is 8.07. The smallest absolute Gasteiger partial charge is 0.405 e. The van der Waals surface area contributed by atoms with Gasteiger partial charge in [0.2, 0.25) is 0 Å². The van der Waals surface area contributed by atoms with Crippen molar-refractivity contribution in [3.05, 3.63) is 39.4 Å². The molecule has 1 fully saturated rings. The molecule has 29 heavy (non-hydrogen) atoms. The van der Waals surface area contributed by atoms with E-state index in [1.807, 2.05) is 0 Å². The number of nitrogens with one attached hydrogen (secondary N) is 1. The summed E-state index contributed by atoms with van der Waals surface area (Å²) in [4.78, 5) is 29.9. The Kier molecular flexibility index (Phi) is 5.90. The lowest BCUT2D eigenvalue weighted by molar-refractivity contribution is -0.146. The second-order valence-corrected chi connectivity index (χ2v) is 7.14. The van der Waals surface area contributed by atoms with Crippen LogP contribution in [0.2, 0.25) is 5.02 Å². The third-order valence-corrected chi connectivity index (χ3v) is 4.93. The summed E-state index contributed by atoms with van der Waals surface area (Å²) < 4.78 is 39.1. The molecule has 2 heterocycles. The zero-order chi connectivity index (χ0) is 21.3. The topological polar surface area (TPSA) is 90.7 Å². The fourth-order valence-electron chi connectivity index (χ4n) is 3.35. The van der Waals surface area contributed by atoms with Gasteiger partial charge in [-0.25, -0.2) is 14.5 Å². The molecule has 1 aromatic carbocycles. The number of rotatable bonds is 4. The third-order valence-electron chi connectivity index (χ3n) is 4.61. The van der Waals surface area contributed by atoms with E-state index in [0.29, 0.717) is 5.52 Å². The molecular formula is C17H19ClF3N5O3. The van der Waals surface area contributed by atoms with Crippen LogP contribution < -0.4 is 15.9 Å². The van der Waals surface area contributed by atoms with Gasteiger partial charge in [-0.05, 0) is 19.1 Å². The number of piperazine rings is 1. The van der Waals surface area contributed by atoms with E-state index in [4.69, 9.17) is 16.7 Å². The summed E-state index contributed by atoms with van der Waals surface area (Å²) in [7, 11) is 0. The summed E-state index contributed by atoms with van der Waals surface area (Å²) in [5, 5.41) is 13.2. The van der Waals surface area contributed by atoms with E-state index in [-0.39, 0.29) is 42.4 Å². The van der Waals surface area contributed by atoms with Crippen molar-refractivity contribution in [2.75, 3.05) is 37.7 Å². The number of carbonyl (C=O) groups is 1. The van der Waals surface area contributed by atoms with E-state index in [9.17, 15) is 22.8 Å². The van der Waals surface area contributed by atoms with E-state index in [2.05, 4.69) is 10.3 Å². The molecule has 0 bridgehead atoms. The van der Waals surface area contributed by atoms with Gasteiger partial charge < -0.3 is 15.4 Å². The Bertz CT molecular complexity index is 973. The molecule has 3 rings (SSSR count). The highest BCUT2D eigenvalue weighted by Gasteiger charge is 2.33. The Morgan fingerprint density at radius 1 is 1.31 bits per heavy atom. The first-order valence-electron chi connectivity index (χ1n) is 8.82. The number of carboxylic acid groups (broad SMARTS) is 1. The molecule has 0 radical (unpaired) electrons. The Hall–Kier alpha value is -2.53. The van der Waals surface area contributed by atoms with Crippen molar-refractivity contribution in [2.45, 2.75) is 19.1 Å². The number of nitrogens with zero attached hydrogens (tertiary/aromatic N) is 4. The normalized spacial score (nSPS) is 16.8. The van der Waals surface area contributed by atoms with Crippen molar-refractivity contribution >= 4 is 28.6 Å². The van der Waals surface area contributed by atoms with Gasteiger partial charge in [-0.3, -0.25) is 9.69 Å². The first-order valence-corrected chi connectivity index (χ1v) is 9.19. The largest absolute Gasteiger partial charge is 0.465 e. The molecule has 12 heteroatoms. The lowest BCUT2D eigenvalue weighted by Crippen LogP contribution is -2.56. The minimum Gasteiger partial charge on any atom is -0.465 e. The SMILES string of the molecule is CC(NC(=O)O)c1nc2cccc(Cl)c2c(=O)n1N1CCN(CC(F)(F)F)CC1. The molecule has 1 amide bonds. The van der Waals surface area contributed by atoms with E-state index in [0.717, 1.165) is 0 Å². The number of fused-ring (bicyclic) bond motifs is 1. The van der Waals surface area contributed by atoms with Gasteiger partial charge in [-0.15, -0.1) is 0 Å². The minimum atomic E-state index is -4.30. The fraction of sp³-hybridized carbons (Fsp3) is 0.471. The fourth-order valence-corrected chi connectivity index (χ4v) is 3.60. The molecule has 8 nitrogen and oxygen atoms in total. The number of hydrogen-bond donors (Lipinski definition) is 2. The highest BCUT2D eigenvalue weighted by molar-refractivity contribution is 6.35. The van der Waals surface area contributed by atoms with Crippen molar-refractivity contribution in [3.63, 3.8) is 0 Å².